The van der Waals surface area contributed by atoms with Gasteiger partial charge in [0.2, 0.25) is 0 Å². The van der Waals surface area contributed by atoms with Crippen LogP contribution in [-0.2, 0) is 4.74 Å². The van der Waals surface area contributed by atoms with Crippen LogP contribution in [0.4, 0.5) is 5.00 Å². The van der Waals surface area contributed by atoms with E-state index in [-0.39, 0.29) is 24.0 Å². The number of hydrogen-bond acceptors (Lipinski definition) is 5. The lowest BCUT2D eigenvalue weighted by atomic mass is 10.1. The number of hydrogen-bond donors (Lipinski definition) is 1. The Bertz CT molecular complexity index is 913. The van der Waals surface area contributed by atoms with Gasteiger partial charge in [-0.05, 0) is 50.8 Å². The number of thiophene rings is 1. The molecule has 2 amide bonds. The normalized spacial score (nSPS) is 13.5. The Kier molecular flexibility index (Phi) is 6.14. The topological polar surface area (TPSA) is 75.7 Å². The summed E-state index contributed by atoms with van der Waals surface area (Å²) in [6.45, 7) is 6.96. The molecule has 0 bridgehead atoms. The molecule has 0 saturated carbocycles. The van der Waals surface area contributed by atoms with Gasteiger partial charge in [0.05, 0.1) is 17.0 Å². The van der Waals surface area contributed by atoms with Crippen molar-refractivity contribution in [1.82, 2.24) is 4.90 Å². The van der Waals surface area contributed by atoms with Gasteiger partial charge in [0.15, 0.2) is 0 Å². The predicted molar refractivity (Wildman–Crippen MR) is 109 cm³/mol. The summed E-state index contributed by atoms with van der Waals surface area (Å²) >= 11 is 1.14. The van der Waals surface area contributed by atoms with Crippen LogP contribution in [0.2, 0.25) is 0 Å². The van der Waals surface area contributed by atoms with Crippen LogP contribution >= 0.6 is 11.3 Å². The summed E-state index contributed by atoms with van der Waals surface area (Å²) in [4.78, 5) is 40.5. The summed E-state index contributed by atoms with van der Waals surface area (Å²) in [5.74, 6) is -0.941. The summed E-state index contributed by atoms with van der Waals surface area (Å²) in [6.07, 6.45) is 1.97. The second-order valence-corrected chi connectivity index (χ2v) is 7.77. The number of likely N-dealkylation sites (tertiary alicyclic amines) is 1. The minimum Gasteiger partial charge on any atom is -0.462 e. The standard InChI is InChI=1S/C21H24N2O4S/c1-4-27-21(26)16-14(3)17(20(25)23-11-7-8-12-23)28-19(16)22-18(24)15-10-6-5-9-13(15)2/h5-6,9-10H,4,7-8,11-12H2,1-3H3,(H,22,24). The third-order valence-electron chi connectivity index (χ3n) is 4.83. The van der Waals surface area contributed by atoms with E-state index in [1.807, 2.05) is 19.1 Å². The Morgan fingerprint density at radius 1 is 1.14 bits per heavy atom. The number of esters is 1. The Labute approximate surface area is 168 Å². The number of nitrogens with zero attached hydrogens (tertiary/aromatic N) is 1. The number of benzene rings is 1. The molecule has 0 radical (unpaired) electrons. The van der Waals surface area contributed by atoms with Crippen LogP contribution in [0.15, 0.2) is 24.3 Å². The van der Waals surface area contributed by atoms with Crippen molar-refractivity contribution in [2.75, 3.05) is 25.0 Å². The Morgan fingerprint density at radius 3 is 2.46 bits per heavy atom. The molecule has 148 valence electrons. The van der Waals surface area contributed by atoms with Gasteiger partial charge in [-0.2, -0.15) is 0 Å². The zero-order valence-electron chi connectivity index (χ0n) is 16.3. The number of amides is 2. The highest BCUT2D eigenvalue weighted by molar-refractivity contribution is 7.18. The molecule has 6 nitrogen and oxygen atoms in total. The van der Waals surface area contributed by atoms with E-state index in [4.69, 9.17) is 4.74 Å². The van der Waals surface area contributed by atoms with Crippen molar-refractivity contribution in [3.05, 3.63) is 51.4 Å². The number of rotatable bonds is 5. The fourth-order valence-corrected chi connectivity index (χ4v) is 4.47. The van der Waals surface area contributed by atoms with Crippen molar-refractivity contribution >= 4 is 34.1 Å². The minimum absolute atomic E-state index is 0.0954. The van der Waals surface area contributed by atoms with E-state index in [1.54, 1.807) is 30.9 Å². The molecule has 1 aliphatic heterocycles. The van der Waals surface area contributed by atoms with Gasteiger partial charge in [0.1, 0.15) is 5.00 Å². The van der Waals surface area contributed by atoms with Crippen molar-refractivity contribution in [2.24, 2.45) is 0 Å². The van der Waals surface area contributed by atoms with Crippen molar-refractivity contribution in [3.8, 4) is 0 Å². The second kappa shape index (κ2) is 8.56. The minimum atomic E-state index is -0.531. The summed E-state index contributed by atoms with van der Waals surface area (Å²) < 4.78 is 5.17. The first kappa shape index (κ1) is 20.1. The summed E-state index contributed by atoms with van der Waals surface area (Å²) in [7, 11) is 0. The van der Waals surface area contributed by atoms with Gasteiger partial charge in [-0.15, -0.1) is 11.3 Å². The van der Waals surface area contributed by atoms with E-state index in [2.05, 4.69) is 5.32 Å². The van der Waals surface area contributed by atoms with Gasteiger partial charge in [-0.25, -0.2) is 4.79 Å². The van der Waals surface area contributed by atoms with Crippen molar-refractivity contribution < 1.29 is 19.1 Å². The highest BCUT2D eigenvalue weighted by Gasteiger charge is 2.30. The van der Waals surface area contributed by atoms with E-state index in [9.17, 15) is 14.4 Å². The van der Waals surface area contributed by atoms with Gasteiger partial charge in [-0.1, -0.05) is 18.2 Å². The van der Waals surface area contributed by atoms with Crippen LogP contribution < -0.4 is 5.32 Å². The summed E-state index contributed by atoms with van der Waals surface area (Å²) in [6, 6.07) is 7.23. The molecule has 2 heterocycles. The molecule has 1 aromatic carbocycles. The SMILES string of the molecule is CCOC(=O)c1c(NC(=O)c2ccccc2C)sc(C(=O)N2CCCC2)c1C. The maximum absolute atomic E-state index is 12.9. The van der Waals surface area contributed by atoms with Crippen LogP contribution in [0, 0.1) is 13.8 Å². The van der Waals surface area contributed by atoms with Gasteiger partial charge >= 0.3 is 5.97 Å². The van der Waals surface area contributed by atoms with E-state index >= 15 is 0 Å². The molecule has 1 saturated heterocycles. The first-order chi connectivity index (χ1) is 13.4. The van der Waals surface area contributed by atoms with E-state index in [0.717, 1.165) is 42.8 Å². The predicted octanol–water partition coefficient (Wildman–Crippen LogP) is 4.03. The van der Waals surface area contributed by atoms with Gasteiger partial charge in [-0.3, -0.25) is 9.59 Å². The molecule has 2 aromatic rings. The highest BCUT2D eigenvalue weighted by Crippen LogP contribution is 2.35. The number of carbonyl (C=O) groups is 3. The Balaban J connectivity index is 1.97. The molecular formula is C21H24N2O4S. The lowest BCUT2D eigenvalue weighted by Crippen LogP contribution is -2.27. The first-order valence-electron chi connectivity index (χ1n) is 9.40. The second-order valence-electron chi connectivity index (χ2n) is 6.75. The van der Waals surface area contributed by atoms with Crippen LogP contribution in [0.25, 0.3) is 0 Å². The van der Waals surface area contributed by atoms with Crippen LogP contribution in [-0.4, -0.2) is 42.4 Å². The van der Waals surface area contributed by atoms with Gasteiger partial charge in [0.25, 0.3) is 11.8 Å². The van der Waals surface area contributed by atoms with Crippen molar-refractivity contribution in [1.29, 1.82) is 0 Å². The molecule has 0 aliphatic carbocycles. The van der Waals surface area contributed by atoms with E-state index < -0.39 is 5.97 Å². The summed E-state index contributed by atoms with van der Waals surface area (Å²) in [5, 5.41) is 3.18. The van der Waals surface area contributed by atoms with Crippen LogP contribution in [0.1, 0.15) is 61.3 Å². The molecular weight excluding hydrogens is 376 g/mol. The zero-order valence-corrected chi connectivity index (χ0v) is 17.1. The largest absolute Gasteiger partial charge is 0.462 e. The van der Waals surface area contributed by atoms with Crippen LogP contribution in [0.3, 0.4) is 0 Å². The molecule has 7 heteroatoms. The van der Waals surface area contributed by atoms with Gasteiger partial charge < -0.3 is 15.0 Å². The maximum Gasteiger partial charge on any atom is 0.341 e. The molecule has 0 unspecified atom stereocenters. The Morgan fingerprint density at radius 2 is 1.82 bits per heavy atom. The fraction of sp³-hybridized carbons (Fsp3) is 0.381. The third-order valence-corrected chi connectivity index (χ3v) is 6.03. The van der Waals surface area contributed by atoms with E-state index in [0.29, 0.717) is 21.0 Å². The molecule has 1 fully saturated rings. The molecule has 28 heavy (non-hydrogen) atoms. The number of carbonyl (C=O) groups excluding carboxylic acids is 3. The monoisotopic (exact) mass is 400 g/mol. The molecule has 0 atom stereocenters. The van der Waals surface area contributed by atoms with Crippen LogP contribution in [0.5, 0.6) is 0 Å². The fourth-order valence-electron chi connectivity index (χ4n) is 3.32. The molecule has 1 aromatic heterocycles. The lowest BCUT2D eigenvalue weighted by molar-refractivity contribution is 0.0527. The molecule has 1 aliphatic rings. The smallest absolute Gasteiger partial charge is 0.341 e. The number of anilines is 1. The van der Waals surface area contributed by atoms with Crippen molar-refractivity contribution in [3.63, 3.8) is 0 Å². The number of nitrogens with one attached hydrogen (secondary N) is 1. The van der Waals surface area contributed by atoms with Crippen molar-refractivity contribution in [2.45, 2.75) is 33.6 Å². The van der Waals surface area contributed by atoms with Gasteiger partial charge in [0, 0.05) is 18.7 Å². The number of aryl methyl sites for hydroxylation is 1. The molecule has 3 rings (SSSR count). The molecule has 0 spiro atoms. The lowest BCUT2D eigenvalue weighted by Gasteiger charge is -2.14. The number of ether oxygens (including phenoxy) is 1. The average Bonchev–Trinajstić information content (AvgIpc) is 3.30. The maximum atomic E-state index is 12.9. The third kappa shape index (κ3) is 3.94. The van der Waals surface area contributed by atoms with E-state index in [1.165, 1.54) is 0 Å². The molecule has 1 N–H and O–H groups in total. The quantitative estimate of drug-likeness (QED) is 0.769. The average molecular weight is 401 g/mol. The zero-order chi connectivity index (χ0) is 20.3. The summed E-state index contributed by atoms with van der Waals surface area (Å²) in [5.41, 5.74) is 2.17. The first-order valence-corrected chi connectivity index (χ1v) is 10.2. The highest BCUT2D eigenvalue weighted by atomic mass is 32.1. The Hall–Kier alpha value is -2.67.